The van der Waals surface area contributed by atoms with E-state index in [0.717, 1.165) is 0 Å². The van der Waals surface area contributed by atoms with Crippen molar-refractivity contribution in [3.8, 4) is 0 Å². The van der Waals surface area contributed by atoms with E-state index in [1.165, 1.54) is 29.4 Å². The molecule has 0 radical (unpaired) electrons. The van der Waals surface area contributed by atoms with Crippen LogP contribution in [0.25, 0.3) is 0 Å². The van der Waals surface area contributed by atoms with Crippen molar-refractivity contribution < 1.29 is 19.8 Å². The van der Waals surface area contributed by atoms with Crippen LogP contribution in [-0.4, -0.2) is 50.7 Å². The van der Waals surface area contributed by atoms with Crippen molar-refractivity contribution in [2.75, 3.05) is 6.54 Å². The SMILES string of the molecule is O=C(O)[C@@H]1C[C@@H](O)CN1C(=O)c1ccncc1. The predicted molar refractivity (Wildman–Crippen MR) is 57.3 cm³/mol. The van der Waals surface area contributed by atoms with E-state index in [9.17, 15) is 14.7 Å². The van der Waals surface area contributed by atoms with Crippen LogP contribution in [0.3, 0.4) is 0 Å². The van der Waals surface area contributed by atoms with E-state index >= 15 is 0 Å². The number of carboxylic acids is 1. The van der Waals surface area contributed by atoms with Gasteiger partial charge in [-0.15, -0.1) is 0 Å². The van der Waals surface area contributed by atoms with Crippen molar-refractivity contribution in [3.63, 3.8) is 0 Å². The number of carboxylic acid groups (broad SMARTS) is 1. The number of likely N-dealkylation sites (tertiary alicyclic amines) is 1. The minimum absolute atomic E-state index is 0.0537. The first-order valence-corrected chi connectivity index (χ1v) is 5.21. The molecule has 0 aliphatic carbocycles. The summed E-state index contributed by atoms with van der Waals surface area (Å²) in [4.78, 5) is 28.0. The van der Waals surface area contributed by atoms with Gasteiger partial charge >= 0.3 is 5.97 Å². The smallest absolute Gasteiger partial charge is 0.326 e. The summed E-state index contributed by atoms with van der Waals surface area (Å²) in [5.41, 5.74) is 0.375. The van der Waals surface area contributed by atoms with Crippen LogP contribution in [0.2, 0.25) is 0 Å². The molecule has 6 nitrogen and oxygen atoms in total. The van der Waals surface area contributed by atoms with E-state index in [1.54, 1.807) is 0 Å². The number of carbonyl (C=O) groups is 2. The van der Waals surface area contributed by atoms with Gasteiger partial charge in [0.1, 0.15) is 6.04 Å². The molecule has 90 valence electrons. The van der Waals surface area contributed by atoms with Gasteiger partial charge in [-0.1, -0.05) is 0 Å². The van der Waals surface area contributed by atoms with E-state index in [1.807, 2.05) is 0 Å². The Balaban J connectivity index is 2.22. The minimum Gasteiger partial charge on any atom is -0.480 e. The summed E-state index contributed by atoms with van der Waals surface area (Å²) in [6, 6.07) is 2.09. The monoisotopic (exact) mass is 236 g/mol. The zero-order valence-corrected chi connectivity index (χ0v) is 8.98. The number of aliphatic carboxylic acids is 1. The van der Waals surface area contributed by atoms with Gasteiger partial charge in [-0.3, -0.25) is 9.78 Å². The van der Waals surface area contributed by atoms with Gasteiger partial charge in [0, 0.05) is 30.9 Å². The summed E-state index contributed by atoms with van der Waals surface area (Å²) in [6.45, 7) is 0.0537. The molecule has 1 amide bonds. The quantitative estimate of drug-likeness (QED) is 0.738. The van der Waals surface area contributed by atoms with Gasteiger partial charge in [0.25, 0.3) is 5.91 Å². The standard InChI is InChI=1S/C11H12N2O4/c14-8-5-9(11(16)17)13(6-8)10(15)7-1-3-12-4-2-7/h1-4,8-9,14H,5-6H2,(H,16,17)/t8-,9+/m1/s1. The van der Waals surface area contributed by atoms with E-state index < -0.39 is 24.0 Å². The van der Waals surface area contributed by atoms with Gasteiger partial charge in [0.2, 0.25) is 0 Å². The lowest BCUT2D eigenvalue weighted by atomic mass is 10.2. The molecule has 1 saturated heterocycles. The van der Waals surface area contributed by atoms with Gasteiger partial charge in [0.15, 0.2) is 0 Å². The number of pyridine rings is 1. The third kappa shape index (κ3) is 2.26. The highest BCUT2D eigenvalue weighted by molar-refractivity contribution is 5.96. The average molecular weight is 236 g/mol. The van der Waals surface area contributed by atoms with E-state index in [-0.39, 0.29) is 13.0 Å². The second-order valence-corrected chi connectivity index (χ2v) is 3.94. The fourth-order valence-electron chi connectivity index (χ4n) is 1.93. The lowest BCUT2D eigenvalue weighted by molar-refractivity contribution is -0.141. The molecule has 1 aromatic rings. The number of aliphatic hydroxyl groups excluding tert-OH is 1. The van der Waals surface area contributed by atoms with Gasteiger partial charge in [-0.25, -0.2) is 4.79 Å². The number of aliphatic hydroxyl groups is 1. The maximum Gasteiger partial charge on any atom is 0.326 e. The fraction of sp³-hybridized carbons (Fsp3) is 0.364. The molecule has 0 spiro atoms. The first kappa shape index (κ1) is 11.5. The lowest BCUT2D eigenvalue weighted by Crippen LogP contribution is -2.40. The first-order valence-electron chi connectivity index (χ1n) is 5.21. The second kappa shape index (κ2) is 4.50. The highest BCUT2D eigenvalue weighted by Crippen LogP contribution is 2.20. The summed E-state index contributed by atoms with van der Waals surface area (Å²) in [7, 11) is 0. The average Bonchev–Trinajstić information content (AvgIpc) is 2.72. The molecule has 0 saturated carbocycles. The van der Waals surface area contributed by atoms with Gasteiger partial charge in [-0.05, 0) is 12.1 Å². The number of hydrogen-bond donors (Lipinski definition) is 2. The summed E-state index contributed by atoms with van der Waals surface area (Å²) < 4.78 is 0. The van der Waals surface area contributed by atoms with E-state index in [0.29, 0.717) is 5.56 Å². The highest BCUT2D eigenvalue weighted by atomic mass is 16.4. The fourth-order valence-corrected chi connectivity index (χ4v) is 1.93. The second-order valence-electron chi connectivity index (χ2n) is 3.94. The van der Waals surface area contributed by atoms with Crippen LogP contribution in [0.15, 0.2) is 24.5 Å². The molecule has 1 aliphatic rings. The summed E-state index contributed by atoms with van der Waals surface area (Å²) >= 11 is 0. The van der Waals surface area contributed by atoms with Crippen molar-refractivity contribution in [2.24, 2.45) is 0 Å². The number of amides is 1. The molecule has 1 aliphatic heterocycles. The Labute approximate surface area is 97.5 Å². The topological polar surface area (TPSA) is 90.7 Å². The molecule has 2 atom stereocenters. The van der Waals surface area contributed by atoms with Gasteiger partial charge < -0.3 is 15.1 Å². The summed E-state index contributed by atoms with van der Waals surface area (Å²) in [6.07, 6.45) is 2.24. The maximum absolute atomic E-state index is 12.0. The molecule has 0 unspecified atom stereocenters. The number of carbonyl (C=O) groups excluding carboxylic acids is 1. The zero-order valence-electron chi connectivity index (χ0n) is 8.98. The Hall–Kier alpha value is -1.95. The Kier molecular flexibility index (Phi) is 3.06. The molecule has 2 heterocycles. The van der Waals surface area contributed by atoms with Crippen LogP contribution < -0.4 is 0 Å². The molecule has 2 rings (SSSR count). The maximum atomic E-state index is 12.0. The lowest BCUT2D eigenvalue weighted by Gasteiger charge is -2.20. The van der Waals surface area contributed by atoms with Crippen LogP contribution in [0.5, 0.6) is 0 Å². The van der Waals surface area contributed by atoms with E-state index in [4.69, 9.17) is 5.11 Å². The van der Waals surface area contributed by atoms with Crippen molar-refractivity contribution in [3.05, 3.63) is 30.1 Å². The molecule has 1 aromatic heterocycles. The van der Waals surface area contributed by atoms with Crippen LogP contribution in [0, 0.1) is 0 Å². The van der Waals surface area contributed by atoms with Gasteiger partial charge in [0.05, 0.1) is 6.10 Å². The number of nitrogens with zero attached hydrogens (tertiary/aromatic N) is 2. The highest BCUT2D eigenvalue weighted by Gasteiger charge is 2.39. The van der Waals surface area contributed by atoms with Crippen LogP contribution >= 0.6 is 0 Å². The predicted octanol–water partition coefficient (Wildman–Crippen LogP) is -0.258. The third-order valence-electron chi connectivity index (χ3n) is 2.75. The van der Waals surface area contributed by atoms with Crippen molar-refractivity contribution in [1.82, 2.24) is 9.88 Å². The number of β-amino-alcohol motifs (C(OH)–C–C–N with tert-alkyl or cyclic N) is 1. The Morgan fingerprint density at radius 3 is 2.59 bits per heavy atom. The number of hydrogen-bond acceptors (Lipinski definition) is 4. The minimum atomic E-state index is -1.09. The molecule has 6 heteroatoms. The van der Waals surface area contributed by atoms with E-state index in [2.05, 4.69) is 4.98 Å². The van der Waals surface area contributed by atoms with Crippen LogP contribution in [0.1, 0.15) is 16.8 Å². The molecule has 0 bridgehead atoms. The molecule has 2 N–H and O–H groups in total. The summed E-state index contributed by atoms with van der Waals surface area (Å²) in [5, 5.41) is 18.4. The van der Waals surface area contributed by atoms with Crippen molar-refractivity contribution >= 4 is 11.9 Å². The normalized spacial score (nSPS) is 23.7. The zero-order chi connectivity index (χ0) is 12.4. The van der Waals surface area contributed by atoms with Gasteiger partial charge in [-0.2, -0.15) is 0 Å². The Morgan fingerprint density at radius 1 is 1.35 bits per heavy atom. The molecule has 17 heavy (non-hydrogen) atoms. The van der Waals surface area contributed by atoms with Crippen molar-refractivity contribution in [2.45, 2.75) is 18.6 Å². The number of aromatic nitrogens is 1. The molecule has 0 aromatic carbocycles. The molecular weight excluding hydrogens is 224 g/mol. The molecular formula is C11H12N2O4. The van der Waals surface area contributed by atoms with Crippen LogP contribution in [-0.2, 0) is 4.79 Å². The Morgan fingerprint density at radius 2 is 2.00 bits per heavy atom. The number of rotatable bonds is 2. The first-order chi connectivity index (χ1) is 8.09. The largest absolute Gasteiger partial charge is 0.480 e. The molecule has 1 fully saturated rings. The summed E-state index contributed by atoms with van der Waals surface area (Å²) in [5.74, 6) is -1.49. The van der Waals surface area contributed by atoms with Crippen molar-refractivity contribution in [1.29, 1.82) is 0 Å². The third-order valence-corrected chi connectivity index (χ3v) is 2.75. The van der Waals surface area contributed by atoms with Crippen LogP contribution in [0.4, 0.5) is 0 Å². The Bertz CT molecular complexity index is 434.